The number of amides is 1. The molecular formula is C19H16N2O4. The average molecular weight is 336 g/mol. The van der Waals surface area contributed by atoms with Gasteiger partial charge in [0.05, 0.1) is 10.5 Å². The van der Waals surface area contributed by atoms with Crippen molar-refractivity contribution >= 4 is 17.3 Å². The number of hydrogen-bond acceptors (Lipinski definition) is 4. The maximum absolute atomic E-state index is 13.0. The average Bonchev–Trinajstić information content (AvgIpc) is 3.11. The molecule has 0 fully saturated rings. The number of nitro groups is 1. The monoisotopic (exact) mass is 336 g/mol. The van der Waals surface area contributed by atoms with Crippen molar-refractivity contribution in [3.8, 4) is 0 Å². The van der Waals surface area contributed by atoms with Crippen LogP contribution in [-0.4, -0.2) is 10.8 Å². The predicted molar refractivity (Wildman–Crippen MR) is 91.7 cm³/mol. The summed E-state index contributed by atoms with van der Waals surface area (Å²) in [5, 5.41) is 10.9. The Labute approximate surface area is 144 Å². The largest absolute Gasteiger partial charge is 0.470 e. The minimum atomic E-state index is -0.618. The molecule has 2 aromatic rings. The molecule has 0 aromatic heterocycles. The Kier molecular flexibility index (Phi) is 3.72. The van der Waals surface area contributed by atoms with Crippen LogP contribution in [0.5, 0.6) is 0 Å². The van der Waals surface area contributed by atoms with Gasteiger partial charge in [0, 0.05) is 29.8 Å². The van der Waals surface area contributed by atoms with Gasteiger partial charge in [0.1, 0.15) is 5.76 Å². The van der Waals surface area contributed by atoms with Gasteiger partial charge in [0.15, 0.2) is 0 Å². The lowest BCUT2D eigenvalue weighted by atomic mass is 10.1. The van der Waals surface area contributed by atoms with Gasteiger partial charge in [-0.15, -0.1) is 0 Å². The van der Waals surface area contributed by atoms with Gasteiger partial charge in [0.25, 0.3) is 11.6 Å². The summed E-state index contributed by atoms with van der Waals surface area (Å²) >= 11 is 0. The number of allylic oxidation sites excluding steroid dienone is 1. The molecule has 0 saturated carbocycles. The second-order valence-corrected chi connectivity index (χ2v) is 6.08. The zero-order valence-corrected chi connectivity index (χ0v) is 13.4. The number of nitrogens with zero attached hydrogens (tertiary/aromatic N) is 2. The Bertz CT molecular complexity index is 859. The van der Waals surface area contributed by atoms with Crippen molar-refractivity contribution in [3.63, 3.8) is 0 Å². The number of ether oxygens (including phenoxy) is 1. The zero-order chi connectivity index (χ0) is 17.4. The molecule has 0 saturated heterocycles. The van der Waals surface area contributed by atoms with Crippen molar-refractivity contribution in [2.75, 3.05) is 4.90 Å². The third kappa shape index (κ3) is 2.65. The highest BCUT2D eigenvalue weighted by molar-refractivity contribution is 6.07. The SMILES string of the molecule is O=C1C2=C(CCC2)OC(c2ccc([N+](=O)[O-])cc2)N1c1ccccc1. The predicted octanol–water partition coefficient (Wildman–Crippen LogP) is 4.09. The number of carbonyl (C=O) groups is 1. The quantitative estimate of drug-likeness (QED) is 0.625. The summed E-state index contributed by atoms with van der Waals surface area (Å²) in [5.41, 5.74) is 2.20. The molecule has 6 heteroatoms. The molecule has 126 valence electrons. The molecule has 4 rings (SSSR count). The summed E-state index contributed by atoms with van der Waals surface area (Å²) in [4.78, 5) is 25.1. The van der Waals surface area contributed by atoms with Crippen molar-refractivity contribution in [2.24, 2.45) is 0 Å². The van der Waals surface area contributed by atoms with Crippen LogP contribution >= 0.6 is 0 Å². The van der Waals surface area contributed by atoms with Crippen LogP contribution in [0.4, 0.5) is 11.4 Å². The number of carbonyl (C=O) groups excluding carboxylic acids is 1. The van der Waals surface area contributed by atoms with E-state index < -0.39 is 11.2 Å². The lowest BCUT2D eigenvalue weighted by molar-refractivity contribution is -0.384. The third-order valence-corrected chi connectivity index (χ3v) is 4.56. The zero-order valence-electron chi connectivity index (χ0n) is 13.4. The molecule has 6 nitrogen and oxygen atoms in total. The molecule has 0 N–H and O–H groups in total. The van der Waals surface area contributed by atoms with Crippen molar-refractivity contribution in [3.05, 3.63) is 81.6 Å². The summed E-state index contributed by atoms with van der Waals surface area (Å²) < 4.78 is 6.15. The standard InChI is InChI=1S/C19H16N2O4/c22-18-16-7-4-8-17(16)25-19(20(18)14-5-2-1-3-6-14)13-9-11-15(12-10-13)21(23)24/h1-3,5-6,9-12,19H,4,7-8H2. The van der Waals surface area contributed by atoms with Gasteiger partial charge in [-0.2, -0.15) is 0 Å². The van der Waals surface area contributed by atoms with Crippen LogP contribution < -0.4 is 4.90 Å². The molecule has 25 heavy (non-hydrogen) atoms. The van der Waals surface area contributed by atoms with Gasteiger partial charge in [-0.25, -0.2) is 0 Å². The van der Waals surface area contributed by atoms with E-state index in [2.05, 4.69) is 0 Å². The minimum Gasteiger partial charge on any atom is -0.470 e. The number of hydrogen-bond donors (Lipinski definition) is 0. The Morgan fingerprint density at radius 1 is 1.04 bits per heavy atom. The van der Waals surface area contributed by atoms with E-state index in [1.807, 2.05) is 30.3 Å². The smallest absolute Gasteiger partial charge is 0.269 e. The van der Waals surface area contributed by atoms with Crippen molar-refractivity contribution in [2.45, 2.75) is 25.5 Å². The first-order valence-electron chi connectivity index (χ1n) is 8.17. The Balaban J connectivity index is 1.77. The highest BCUT2D eigenvalue weighted by Gasteiger charge is 2.39. The van der Waals surface area contributed by atoms with E-state index in [0.29, 0.717) is 5.56 Å². The first-order valence-corrected chi connectivity index (χ1v) is 8.17. The summed E-state index contributed by atoms with van der Waals surface area (Å²) in [5.74, 6) is 0.703. The lowest BCUT2D eigenvalue weighted by Gasteiger charge is -2.36. The summed E-state index contributed by atoms with van der Waals surface area (Å²) in [6.07, 6.45) is 1.77. The van der Waals surface area contributed by atoms with Gasteiger partial charge in [-0.05, 0) is 37.1 Å². The molecule has 1 aliphatic heterocycles. The number of non-ortho nitro benzene ring substituents is 1. The molecule has 1 amide bonds. The van der Waals surface area contributed by atoms with Crippen molar-refractivity contribution in [1.29, 1.82) is 0 Å². The second-order valence-electron chi connectivity index (χ2n) is 6.08. The third-order valence-electron chi connectivity index (χ3n) is 4.56. The first-order chi connectivity index (χ1) is 12.1. The number of anilines is 1. The van der Waals surface area contributed by atoms with E-state index in [4.69, 9.17) is 4.74 Å². The van der Waals surface area contributed by atoms with E-state index in [1.54, 1.807) is 17.0 Å². The number of para-hydroxylation sites is 1. The van der Waals surface area contributed by atoms with Crippen LogP contribution in [0.3, 0.4) is 0 Å². The van der Waals surface area contributed by atoms with Gasteiger partial charge in [-0.3, -0.25) is 19.8 Å². The first kappa shape index (κ1) is 15.4. The van der Waals surface area contributed by atoms with Crippen LogP contribution in [0.2, 0.25) is 0 Å². The van der Waals surface area contributed by atoms with Crippen LogP contribution in [0, 0.1) is 10.1 Å². The minimum absolute atomic E-state index is 0.0120. The maximum atomic E-state index is 13.0. The van der Waals surface area contributed by atoms with Crippen molar-refractivity contribution in [1.82, 2.24) is 0 Å². The topological polar surface area (TPSA) is 72.7 Å². The molecule has 0 radical (unpaired) electrons. The van der Waals surface area contributed by atoms with Gasteiger partial charge < -0.3 is 4.74 Å². The van der Waals surface area contributed by atoms with Crippen molar-refractivity contribution < 1.29 is 14.5 Å². The summed E-state index contributed by atoms with van der Waals surface area (Å²) in [6.45, 7) is 0. The number of rotatable bonds is 3. The van der Waals surface area contributed by atoms with Crippen LogP contribution in [-0.2, 0) is 9.53 Å². The number of nitro benzene ring substituents is 1. The summed E-state index contributed by atoms with van der Waals surface area (Å²) in [6, 6.07) is 15.5. The van der Waals surface area contributed by atoms with Crippen LogP contribution in [0.1, 0.15) is 31.1 Å². The van der Waals surface area contributed by atoms with Crippen LogP contribution in [0.15, 0.2) is 65.9 Å². The fraction of sp³-hybridized carbons (Fsp3) is 0.211. The fourth-order valence-corrected chi connectivity index (χ4v) is 3.33. The Morgan fingerprint density at radius 2 is 1.76 bits per heavy atom. The normalized spacial score (nSPS) is 19.6. The Hall–Kier alpha value is -3.15. The Morgan fingerprint density at radius 3 is 2.44 bits per heavy atom. The molecule has 1 heterocycles. The molecule has 1 aliphatic carbocycles. The maximum Gasteiger partial charge on any atom is 0.269 e. The molecule has 1 atom stereocenters. The van der Waals surface area contributed by atoms with E-state index in [9.17, 15) is 14.9 Å². The number of benzene rings is 2. The van der Waals surface area contributed by atoms with E-state index in [1.165, 1.54) is 12.1 Å². The van der Waals surface area contributed by atoms with E-state index in [0.717, 1.165) is 36.3 Å². The molecule has 0 spiro atoms. The molecule has 2 aromatic carbocycles. The molecule has 0 bridgehead atoms. The molecule has 1 unspecified atom stereocenters. The van der Waals surface area contributed by atoms with Gasteiger partial charge in [-0.1, -0.05) is 18.2 Å². The molecular weight excluding hydrogens is 320 g/mol. The van der Waals surface area contributed by atoms with Crippen LogP contribution in [0.25, 0.3) is 0 Å². The highest BCUT2D eigenvalue weighted by atomic mass is 16.6. The fourth-order valence-electron chi connectivity index (χ4n) is 3.33. The second kappa shape index (κ2) is 6.05. The van der Waals surface area contributed by atoms with Gasteiger partial charge in [0.2, 0.25) is 6.23 Å². The lowest BCUT2D eigenvalue weighted by Crippen LogP contribution is -2.40. The van der Waals surface area contributed by atoms with E-state index >= 15 is 0 Å². The van der Waals surface area contributed by atoms with E-state index in [-0.39, 0.29) is 11.6 Å². The summed E-state index contributed by atoms with van der Waals surface area (Å²) in [7, 11) is 0. The van der Waals surface area contributed by atoms with Gasteiger partial charge >= 0.3 is 0 Å². The molecule has 2 aliphatic rings. The highest BCUT2D eigenvalue weighted by Crippen LogP contribution is 2.42.